The van der Waals surface area contributed by atoms with Crippen LogP contribution in [0.15, 0.2) is 30.3 Å². The molecule has 0 saturated heterocycles. The van der Waals surface area contributed by atoms with E-state index in [-0.39, 0.29) is 0 Å². The van der Waals surface area contributed by atoms with Crippen molar-refractivity contribution in [2.45, 2.75) is 78.1 Å². The summed E-state index contributed by atoms with van der Waals surface area (Å²) >= 11 is 6.88. The molecule has 5 heteroatoms. The Morgan fingerprint density at radius 1 is 0.929 bits per heavy atom. The van der Waals surface area contributed by atoms with Crippen LogP contribution >= 0.6 is 24.0 Å². The van der Waals surface area contributed by atoms with Crippen molar-refractivity contribution in [1.29, 1.82) is 0 Å². The third kappa shape index (κ3) is 11.0. The van der Waals surface area contributed by atoms with Gasteiger partial charge in [0.2, 0.25) is 0 Å². The monoisotopic (exact) mass is 422 g/mol. The summed E-state index contributed by atoms with van der Waals surface area (Å²) in [6.07, 6.45) is 13.0. The van der Waals surface area contributed by atoms with Crippen LogP contribution < -0.4 is 0 Å². The first-order chi connectivity index (χ1) is 13.6. The van der Waals surface area contributed by atoms with Crippen LogP contribution in [0.5, 0.6) is 0 Å². The number of rotatable bonds is 14. The number of esters is 2. The highest BCUT2D eigenvalue weighted by Gasteiger charge is 2.23. The van der Waals surface area contributed by atoms with Crippen LogP contribution in [0, 0.1) is 5.92 Å². The predicted molar refractivity (Wildman–Crippen MR) is 123 cm³/mol. The van der Waals surface area contributed by atoms with E-state index in [0.717, 1.165) is 12.2 Å². The first-order valence-electron chi connectivity index (χ1n) is 10.5. The molecule has 1 rings (SSSR count). The zero-order valence-corrected chi connectivity index (χ0v) is 18.9. The van der Waals surface area contributed by atoms with Gasteiger partial charge in [0.25, 0.3) is 0 Å². The maximum Gasteiger partial charge on any atom is 0.345 e. The van der Waals surface area contributed by atoms with E-state index in [1.807, 2.05) is 0 Å². The van der Waals surface area contributed by atoms with Crippen LogP contribution in [0.2, 0.25) is 0 Å². The standard InChI is InChI=1S/C23H34O3S2/c1-3-4-5-6-7-8-9-10-11-15-18-28-23(27)19(2)21(24)26-22(25)20-16-13-12-14-17-20/h12-14,16-17,19H,3-11,15,18H2,1-2H3. The summed E-state index contributed by atoms with van der Waals surface area (Å²) in [5.41, 5.74) is 0.368. The lowest BCUT2D eigenvalue weighted by molar-refractivity contribution is -0.139. The average Bonchev–Trinajstić information content (AvgIpc) is 2.71. The maximum absolute atomic E-state index is 12.1. The van der Waals surface area contributed by atoms with Gasteiger partial charge in [0, 0.05) is 0 Å². The largest absolute Gasteiger partial charge is 0.389 e. The summed E-state index contributed by atoms with van der Waals surface area (Å²) in [7, 11) is 0. The normalized spacial score (nSPS) is 11.8. The Labute approximate surface area is 180 Å². The Balaban J connectivity index is 2.09. The summed E-state index contributed by atoms with van der Waals surface area (Å²) in [5.74, 6) is -0.843. The topological polar surface area (TPSA) is 43.4 Å². The molecule has 1 aromatic carbocycles. The van der Waals surface area contributed by atoms with Gasteiger partial charge in [-0.2, -0.15) is 0 Å². The highest BCUT2D eigenvalue weighted by molar-refractivity contribution is 8.23. The average molecular weight is 423 g/mol. The van der Waals surface area contributed by atoms with Crippen molar-refractivity contribution in [3.8, 4) is 0 Å². The SMILES string of the molecule is CCCCCCCCCCCCSC(=S)C(C)C(=O)OC(=O)c1ccccc1. The van der Waals surface area contributed by atoms with E-state index in [2.05, 4.69) is 6.92 Å². The first-order valence-corrected chi connectivity index (χ1v) is 11.9. The smallest absolute Gasteiger partial charge is 0.345 e. The first kappa shape index (κ1) is 24.8. The second-order valence-electron chi connectivity index (χ2n) is 7.15. The number of carbonyl (C=O) groups is 2. The highest BCUT2D eigenvalue weighted by Crippen LogP contribution is 2.18. The molecule has 0 fully saturated rings. The van der Waals surface area contributed by atoms with Gasteiger partial charge in [-0.1, -0.05) is 95.1 Å². The van der Waals surface area contributed by atoms with E-state index in [1.54, 1.807) is 37.3 Å². The quantitative estimate of drug-likeness (QED) is 0.140. The van der Waals surface area contributed by atoms with Crippen LogP contribution in [-0.4, -0.2) is 21.9 Å². The molecule has 0 aliphatic rings. The van der Waals surface area contributed by atoms with Crippen molar-refractivity contribution < 1.29 is 14.3 Å². The molecule has 0 aliphatic carbocycles. The van der Waals surface area contributed by atoms with Crippen molar-refractivity contribution in [2.24, 2.45) is 5.92 Å². The summed E-state index contributed by atoms with van der Waals surface area (Å²) in [6.45, 7) is 3.95. The van der Waals surface area contributed by atoms with Gasteiger partial charge in [-0.3, -0.25) is 4.79 Å². The number of thiocarbonyl (C=S) groups is 1. The molecule has 156 valence electrons. The lowest BCUT2D eigenvalue weighted by atomic mass is 10.1. The fourth-order valence-corrected chi connectivity index (χ4v) is 4.04. The molecule has 0 radical (unpaired) electrons. The van der Waals surface area contributed by atoms with E-state index >= 15 is 0 Å². The summed E-state index contributed by atoms with van der Waals surface area (Å²) < 4.78 is 5.55. The second kappa shape index (κ2) is 15.7. The van der Waals surface area contributed by atoms with Gasteiger partial charge in [-0.25, -0.2) is 4.79 Å². The molecule has 0 bridgehead atoms. The zero-order chi connectivity index (χ0) is 20.6. The Kier molecular flexibility index (Phi) is 13.9. The number of benzene rings is 1. The zero-order valence-electron chi connectivity index (χ0n) is 17.3. The van der Waals surface area contributed by atoms with Gasteiger partial charge in [-0.05, 0) is 31.2 Å². The van der Waals surface area contributed by atoms with Crippen molar-refractivity contribution >= 4 is 40.1 Å². The van der Waals surface area contributed by atoms with Crippen LogP contribution in [-0.2, 0) is 9.53 Å². The number of carbonyl (C=O) groups excluding carboxylic acids is 2. The number of unbranched alkanes of at least 4 members (excludes halogenated alkanes) is 9. The predicted octanol–water partition coefficient (Wildman–Crippen LogP) is 6.99. The molecule has 1 aromatic rings. The number of hydrogen-bond acceptors (Lipinski definition) is 5. The molecule has 0 saturated carbocycles. The lowest BCUT2D eigenvalue weighted by Gasteiger charge is -2.11. The van der Waals surface area contributed by atoms with Gasteiger partial charge >= 0.3 is 11.9 Å². The number of thioether (sulfide) groups is 1. The van der Waals surface area contributed by atoms with Crippen LogP contribution in [0.25, 0.3) is 0 Å². The molecule has 1 unspecified atom stereocenters. The van der Waals surface area contributed by atoms with E-state index < -0.39 is 17.9 Å². The van der Waals surface area contributed by atoms with E-state index in [0.29, 0.717) is 9.76 Å². The van der Waals surface area contributed by atoms with Crippen molar-refractivity contribution in [3.05, 3.63) is 35.9 Å². The molecule has 28 heavy (non-hydrogen) atoms. The molecule has 0 spiro atoms. The van der Waals surface area contributed by atoms with E-state index in [4.69, 9.17) is 17.0 Å². The molecule has 0 N–H and O–H groups in total. The van der Waals surface area contributed by atoms with E-state index in [9.17, 15) is 9.59 Å². The molecular formula is C23H34O3S2. The number of hydrogen-bond donors (Lipinski definition) is 0. The fourth-order valence-electron chi connectivity index (χ4n) is 2.80. The minimum Gasteiger partial charge on any atom is -0.389 e. The Morgan fingerprint density at radius 3 is 2.04 bits per heavy atom. The third-order valence-electron chi connectivity index (χ3n) is 4.65. The van der Waals surface area contributed by atoms with Crippen LogP contribution in [0.1, 0.15) is 88.4 Å². The third-order valence-corrected chi connectivity index (χ3v) is 6.49. The minimum absolute atomic E-state index is 0.368. The van der Waals surface area contributed by atoms with Crippen molar-refractivity contribution in [3.63, 3.8) is 0 Å². The fraction of sp³-hybridized carbons (Fsp3) is 0.609. The minimum atomic E-state index is -0.625. The number of ether oxygens (including phenoxy) is 1. The molecule has 1 atom stereocenters. The highest BCUT2D eigenvalue weighted by atomic mass is 32.2. The summed E-state index contributed by atoms with van der Waals surface area (Å²) in [5, 5.41) is 0. The Hall–Kier alpha value is -1.20. The van der Waals surface area contributed by atoms with Gasteiger partial charge < -0.3 is 4.74 Å². The summed E-state index contributed by atoms with van der Waals surface area (Å²) in [4.78, 5) is 24.1. The molecule has 0 aliphatic heterocycles. The van der Waals surface area contributed by atoms with Crippen LogP contribution in [0.3, 0.4) is 0 Å². The Bertz CT molecular complexity index is 587. The van der Waals surface area contributed by atoms with Gasteiger partial charge in [0.05, 0.1) is 15.7 Å². The molecular weight excluding hydrogens is 388 g/mol. The maximum atomic E-state index is 12.1. The Morgan fingerprint density at radius 2 is 1.46 bits per heavy atom. The van der Waals surface area contributed by atoms with Gasteiger partial charge in [0.1, 0.15) is 0 Å². The molecule has 0 aromatic heterocycles. The molecule has 3 nitrogen and oxygen atoms in total. The van der Waals surface area contributed by atoms with Crippen LogP contribution in [0.4, 0.5) is 0 Å². The van der Waals surface area contributed by atoms with Crippen molar-refractivity contribution in [1.82, 2.24) is 0 Å². The van der Waals surface area contributed by atoms with Gasteiger partial charge in [-0.15, -0.1) is 11.8 Å². The molecule has 0 amide bonds. The van der Waals surface area contributed by atoms with E-state index in [1.165, 1.54) is 69.5 Å². The second-order valence-corrected chi connectivity index (χ2v) is 8.98. The van der Waals surface area contributed by atoms with Crippen molar-refractivity contribution in [2.75, 3.05) is 5.75 Å². The lowest BCUT2D eigenvalue weighted by Crippen LogP contribution is -2.23. The summed E-state index contributed by atoms with van der Waals surface area (Å²) in [6, 6.07) is 8.52. The van der Waals surface area contributed by atoms with Gasteiger partial charge in [0.15, 0.2) is 0 Å². The molecule has 0 heterocycles.